The molecule has 34 heavy (non-hydrogen) atoms. The number of carbonyl (C=O) groups is 3. The van der Waals surface area contributed by atoms with E-state index in [1.165, 1.54) is 0 Å². The van der Waals surface area contributed by atoms with Crippen molar-refractivity contribution in [2.24, 2.45) is 5.92 Å². The quantitative estimate of drug-likeness (QED) is 0.270. The van der Waals surface area contributed by atoms with E-state index in [1.54, 1.807) is 42.5 Å². The summed E-state index contributed by atoms with van der Waals surface area (Å²) >= 11 is 0. The van der Waals surface area contributed by atoms with Crippen LogP contribution in [-0.4, -0.2) is 17.3 Å². The number of unbranched alkanes of at least 4 members (excludes halogenated alkanes) is 1. The lowest BCUT2D eigenvalue weighted by molar-refractivity contribution is 0.0904. The summed E-state index contributed by atoms with van der Waals surface area (Å²) < 4.78 is 0. The molecule has 0 spiro atoms. The second-order valence-electron chi connectivity index (χ2n) is 9.00. The Morgan fingerprint density at radius 1 is 0.971 bits per heavy atom. The molecule has 3 aromatic carbocycles. The molecule has 4 rings (SSSR count). The Kier molecular flexibility index (Phi) is 6.87. The minimum Gasteiger partial charge on any atom is -0.399 e. The zero-order chi connectivity index (χ0) is 24.2. The van der Waals surface area contributed by atoms with E-state index >= 15 is 0 Å². The number of nitrogen functional groups attached to an aromatic ring is 1. The Labute approximate surface area is 200 Å². The van der Waals surface area contributed by atoms with E-state index < -0.39 is 0 Å². The molecule has 2 N–H and O–H groups in total. The van der Waals surface area contributed by atoms with Crippen LogP contribution in [0.15, 0.2) is 78.9 Å². The van der Waals surface area contributed by atoms with E-state index in [0.29, 0.717) is 52.8 Å². The zero-order valence-electron chi connectivity index (χ0n) is 19.5. The average molecular weight is 452 g/mol. The van der Waals surface area contributed by atoms with Crippen LogP contribution in [-0.2, 0) is 12.8 Å². The van der Waals surface area contributed by atoms with Gasteiger partial charge in [0.15, 0.2) is 17.3 Å². The van der Waals surface area contributed by atoms with Gasteiger partial charge in [-0.1, -0.05) is 68.5 Å². The van der Waals surface area contributed by atoms with Crippen LogP contribution in [0.4, 0.5) is 5.69 Å². The summed E-state index contributed by atoms with van der Waals surface area (Å²) in [7, 11) is 0. The summed E-state index contributed by atoms with van der Waals surface area (Å²) in [5, 5.41) is 0. The molecular weight excluding hydrogens is 422 g/mol. The standard InChI is InChI=1S/C30H29NO3/c1-3-4-8-19(2)28(32)21-13-14-25-22(17-21)18-23(15-20-9-7-10-24(31)16-20)29(33)26-11-5-6-12-27(26)30(25)34/h5-7,9-14,16-17,23H,2-4,8,15,18,31H2,1H3. The molecular formula is C30H29NO3. The van der Waals surface area contributed by atoms with E-state index in [2.05, 4.69) is 13.5 Å². The van der Waals surface area contributed by atoms with Crippen molar-refractivity contribution in [2.45, 2.75) is 39.0 Å². The van der Waals surface area contributed by atoms with Crippen molar-refractivity contribution >= 4 is 23.0 Å². The number of carbonyl (C=O) groups excluding carboxylic acids is 3. The number of nitrogens with two attached hydrogens (primary N) is 1. The van der Waals surface area contributed by atoms with Gasteiger partial charge in [0.2, 0.25) is 0 Å². The summed E-state index contributed by atoms with van der Waals surface area (Å²) in [6.07, 6.45) is 3.40. The number of hydrogen-bond acceptors (Lipinski definition) is 4. The molecule has 0 aromatic heterocycles. The predicted octanol–water partition coefficient (Wildman–Crippen LogP) is 6.03. The Balaban J connectivity index is 1.77. The van der Waals surface area contributed by atoms with Crippen LogP contribution in [0.1, 0.15) is 74.0 Å². The van der Waals surface area contributed by atoms with Crippen molar-refractivity contribution in [1.29, 1.82) is 0 Å². The lowest BCUT2D eigenvalue weighted by Crippen LogP contribution is -2.26. The number of benzene rings is 3. The predicted molar refractivity (Wildman–Crippen MR) is 135 cm³/mol. The second kappa shape index (κ2) is 10.0. The molecule has 0 fully saturated rings. The Morgan fingerprint density at radius 3 is 2.47 bits per heavy atom. The van der Waals surface area contributed by atoms with Crippen LogP contribution in [0.2, 0.25) is 0 Å². The van der Waals surface area contributed by atoms with Crippen molar-refractivity contribution < 1.29 is 14.4 Å². The van der Waals surface area contributed by atoms with Gasteiger partial charge in [-0.15, -0.1) is 0 Å². The highest BCUT2D eigenvalue weighted by molar-refractivity contribution is 6.18. The number of fused-ring (bicyclic) bond motifs is 2. The van der Waals surface area contributed by atoms with Crippen molar-refractivity contribution in [1.82, 2.24) is 0 Å². The molecule has 1 aliphatic rings. The molecule has 0 amide bonds. The number of Topliss-reactive ketones (excluding diaryl/α,β-unsaturated/α-hetero) is 2. The van der Waals surface area contributed by atoms with Crippen LogP contribution < -0.4 is 5.73 Å². The first-order valence-corrected chi connectivity index (χ1v) is 11.8. The third kappa shape index (κ3) is 4.76. The van der Waals surface area contributed by atoms with Gasteiger partial charge in [0.05, 0.1) is 0 Å². The van der Waals surface area contributed by atoms with Gasteiger partial charge in [0, 0.05) is 33.9 Å². The highest BCUT2D eigenvalue weighted by Crippen LogP contribution is 2.30. The maximum Gasteiger partial charge on any atom is 0.194 e. The number of ketones is 3. The van der Waals surface area contributed by atoms with E-state index in [0.717, 1.165) is 24.0 Å². The molecule has 0 radical (unpaired) electrons. The summed E-state index contributed by atoms with van der Waals surface area (Å²) in [6, 6.07) is 19.7. The highest BCUT2D eigenvalue weighted by Gasteiger charge is 2.31. The number of anilines is 1. The minimum atomic E-state index is -0.386. The Hall–Kier alpha value is -3.79. The van der Waals surface area contributed by atoms with Gasteiger partial charge in [-0.2, -0.15) is 0 Å². The maximum atomic E-state index is 13.6. The van der Waals surface area contributed by atoms with Gasteiger partial charge in [-0.3, -0.25) is 14.4 Å². The Bertz CT molecular complexity index is 1290. The fourth-order valence-electron chi connectivity index (χ4n) is 4.62. The van der Waals surface area contributed by atoms with Gasteiger partial charge in [0.1, 0.15) is 0 Å². The Morgan fingerprint density at radius 2 is 1.74 bits per heavy atom. The van der Waals surface area contributed by atoms with Gasteiger partial charge >= 0.3 is 0 Å². The molecule has 0 saturated heterocycles. The van der Waals surface area contributed by atoms with Gasteiger partial charge < -0.3 is 5.73 Å². The van der Waals surface area contributed by atoms with Gasteiger partial charge in [-0.25, -0.2) is 0 Å². The molecule has 0 heterocycles. The first kappa shape index (κ1) is 23.4. The summed E-state index contributed by atoms with van der Waals surface area (Å²) in [5.74, 6) is -0.750. The van der Waals surface area contributed by atoms with Crippen LogP contribution in [0.3, 0.4) is 0 Å². The molecule has 172 valence electrons. The second-order valence-corrected chi connectivity index (χ2v) is 9.00. The highest BCUT2D eigenvalue weighted by atomic mass is 16.1. The van der Waals surface area contributed by atoms with Crippen LogP contribution in [0.25, 0.3) is 0 Å². The van der Waals surface area contributed by atoms with Crippen LogP contribution >= 0.6 is 0 Å². The molecule has 0 bridgehead atoms. The molecule has 3 aromatic rings. The molecule has 0 saturated carbocycles. The lowest BCUT2D eigenvalue weighted by atomic mass is 9.78. The van der Waals surface area contributed by atoms with E-state index in [4.69, 9.17) is 5.73 Å². The third-order valence-corrected chi connectivity index (χ3v) is 6.47. The van der Waals surface area contributed by atoms with E-state index in [1.807, 2.05) is 24.3 Å². The van der Waals surface area contributed by atoms with Crippen molar-refractivity contribution in [3.63, 3.8) is 0 Å². The summed E-state index contributed by atoms with van der Waals surface area (Å²) in [5.41, 5.74) is 10.7. The van der Waals surface area contributed by atoms with Gasteiger partial charge in [-0.05, 0) is 60.6 Å². The first-order chi connectivity index (χ1) is 16.4. The molecule has 4 heteroatoms. The largest absolute Gasteiger partial charge is 0.399 e. The number of rotatable bonds is 7. The van der Waals surface area contributed by atoms with E-state index in [-0.39, 0.29) is 23.3 Å². The monoisotopic (exact) mass is 451 g/mol. The number of allylic oxidation sites excluding steroid dienone is 1. The fourth-order valence-corrected chi connectivity index (χ4v) is 4.62. The molecule has 1 atom stereocenters. The van der Waals surface area contributed by atoms with Crippen LogP contribution in [0.5, 0.6) is 0 Å². The smallest absolute Gasteiger partial charge is 0.194 e. The summed E-state index contributed by atoms with van der Waals surface area (Å²) in [6.45, 7) is 6.04. The molecule has 1 aliphatic carbocycles. The lowest BCUT2D eigenvalue weighted by Gasteiger charge is -2.23. The van der Waals surface area contributed by atoms with Gasteiger partial charge in [0.25, 0.3) is 0 Å². The average Bonchev–Trinajstić information content (AvgIpc) is 2.85. The molecule has 0 aliphatic heterocycles. The van der Waals surface area contributed by atoms with Crippen molar-refractivity contribution in [3.8, 4) is 0 Å². The van der Waals surface area contributed by atoms with Crippen molar-refractivity contribution in [3.05, 3.63) is 112 Å². The maximum absolute atomic E-state index is 13.6. The van der Waals surface area contributed by atoms with E-state index in [9.17, 15) is 14.4 Å². The normalized spacial score (nSPS) is 15.1. The topological polar surface area (TPSA) is 77.2 Å². The zero-order valence-corrected chi connectivity index (χ0v) is 19.5. The number of hydrogen-bond donors (Lipinski definition) is 1. The minimum absolute atomic E-state index is 0.0684. The first-order valence-electron chi connectivity index (χ1n) is 11.8. The SMILES string of the molecule is C=C(CCCC)C(=O)c1ccc2c(c1)CC(Cc1cccc(N)c1)C(=O)c1ccccc1C2=O. The molecule has 4 nitrogen and oxygen atoms in total. The fraction of sp³-hybridized carbons (Fsp3) is 0.233. The van der Waals surface area contributed by atoms with Crippen molar-refractivity contribution in [2.75, 3.05) is 5.73 Å². The summed E-state index contributed by atoms with van der Waals surface area (Å²) in [4.78, 5) is 40.0. The van der Waals surface area contributed by atoms with Crippen LogP contribution in [0, 0.1) is 5.92 Å². The third-order valence-electron chi connectivity index (χ3n) is 6.47. The molecule has 1 unspecified atom stereocenters.